The molecule has 4 rings (SSSR count). The SMILES string of the molecule is CC(=O)Nc1ccc(NC(=O)C2(Cc3nc4ccccc4s3)CCCC2)cc1Cl. The van der Waals surface area contributed by atoms with Gasteiger partial charge in [0.15, 0.2) is 0 Å². The van der Waals surface area contributed by atoms with Crippen LogP contribution in [0, 0.1) is 5.41 Å². The molecule has 7 heteroatoms. The van der Waals surface area contributed by atoms with Crippen molar-refractivity contribution < 1.29 is 9.59 Å². The number of thiazole rings is 1. The van der Waals surface area contributed by atoms with Crippen LogP contribution in [0.2, 0.25) is 5.02 Å². The number of aromatic nitrogens is 1. The summed E-state index contributed by atoms with van der Waals surface area (Å²) in [6.45, 7) is 1.43. The number of halogens is 1. The first-order valence-electron chi connectivity index (χ1n) is 9.68. The van der Waals surface area contributed by atoms with Gasteiger partial charge in [0.1, 0.15) is 0 Å². The molecule has 2 amide bonds. The van der Waals surface area contributed by atoms with Crippen LogP contribution in [0.3, 0.4) is 0 Å². The predicted molar refractivity (Wildman–Crippen MR) is 119 cm³/mol. The standard InChI is InChI=1S/C22H22ClN3O2S/c1-14(27)24-17-9-8-15(12-16(17)23)25-21(28)22(10-4-5-11-22)13-20-26-18-6-2-3-7-19(18)29-20/h2-3,6-9,12H,4-5,10-11,13H2,1H3,(H,24,27)(H,25,28). The van der Waals surface area contributed by atoms with E-state index in [-0.39, 0.29) is 11.8 Å². The van der Waals surface area contributed by atoms with Crippen molar-refractivity contribution in [2.45, 2.75) is 39.0 Å². The van der Waals surface area contributed by atoms with Crippen LogP contribution in [0.15, 0.2) is 42.5 Å². The van der Waals surface area contributed by atoms with Crippen LogP contribution in [0.1, 0.15) is 37.6 Å². The van der Waals surface area contributed by atoms with Gasteiger partial charge in [-0.3, -0.25) is 9.59 Å². The summed E-state index contributed by atoms with van der Waals surface area (Å²) in [5.41, 5.74) is 1.70. The highest BCUT2D eigenvalue weighted by atomic mass is 35.5. The van der Waals surface area contributed by atoms with Crippen LogP contribution in [-0.4, -0.2) is 16.8 Å². The van der Waals surface area contributed by atoms with Crippen molar-refractivity contribution in [2.75, 3.05) is 10.6 Å². The fraction of sp³-hybridized carbons (Fsp3) is 0.318. The number of hydrogen-bond donors (Lipinski definition) is 2. The average Bonchev–Trinajstić information content (AvgIpc) is 3.31. The summed E-state index contributed by atoms with van der Waals surface area (Å²) in [6, 6.07) is 13.2. The number of benzene rings is 2. The number of para-hydroxylation sites is 1. The minimum atomic E-state index is -0.448. The number of amides is 2. The van der Waals surface area contributed by atoms with Crippen LogP contribution in [0.5, 0.6) is 0 Å². The van der Waals surface area contributed by atoms with E-state index in [4.69, 9.17) is 16.6 Å². The zero-order valence-corrected chi connectivity index (χ0v) is 17.7. The van der Waals surface area contributed by atoms with Crippen molar-refractivity contribution in [1.29, 1.82) is 0 Å². The van der Waals surface area contributed by atoms with Crippen LogP contribution >= 0.6 is 22.9 Å². The van der Waals surface area contributed by atoms with E-state index in [1.165, 1.54) is 6.92 Å². The Morgan fingerprint density at radius 3 is 2.59 bits per heavy atom. The minimum absolute atomic E-state index is 0.0117. The molecule has 150 valence electrons. The molecule has 1 saturated carbocycles. The number of carbonyl (C=O) groups is 2. The second-order valence-corrected chi connectivity index (χ2v) is 9.09. The molecule has 5 nitrogen and oxygen atoms in total. The monoisotopic (exact) mass is 427 g/mol. The Hall–Kier alpha value is -2.44. The van der Waals surface area contributed by atoms with Crippen LogP contribution in [-0.2, 0) is 16.0 Å². The van der Waals surface area contributed by atoms with E-state index in [2.05, 4.69) is 16.7 Å². The van der Waals surface area contributed by atoms with Crippen LogP contribution in [0.25, 0.3) is 10.2 Å². The summed E-state index contributed by atoms with van der Waals surface area (Å²) in [6.07, 6.45) is 4.44. The van der Waals surface area contributed by atoms with Crippen molar-refractivity contribution in [3.63, 3.8) is 0 Å². The Labute approximate surface area is 178 Å². The molecule has 1 fully saturated rings. The number of hydrogen-bond acceptors (Lipinski definition) is 4. The Kier molecular flexibility index (Phi) is 5.56. The topological polar surface area (TPSA) is 71.1 Å². The summed E-state index contributed by atoms with van der Waals surface area (Å²) in [7, 11) is 0. The van der Waals surface area contributed by atoms with E-state index in [9.17, 15) is 9.59 Å². The maximum Gasteiger partial charge on any atom is 0.231 e. The fourth-order valence-electron chi connectivity index (χ4n) is 3.97. The van der Waals surface area contributed by atoms with E-state index < -0.39 is 5.41 Å². The van der Waals surface area contributed by atoms with E-state index in [0.29, 0.717) is 22.8 Å². The second-order valence-electron chi connectivity index (χ2n) is 7.57. The highest BCUT2D eigenvalue weighted by molar-refractivity contribution is 7.18. The van der Waals surface area contributed by atoms with Gasteiger partial charge in [0.2, 0.25) is 11.8 Å². The molecule has 0 saturated heterocycles. The Morgan fingerprint density at radius 2 is 1.90 bits per heavy atom. The predicted octanol–water partition coefficient (Wildman–Crippen LogP) is 5.65. The molecule has 1 aliphatic rings. The third-order valence-corrected chi connectivity index (χ3v) is 6.76. The van der Waals surface area contributed by atoms with Gasteiger partial charge in [-0.1, -0.05) is 36.6 Å². The zero-order valence-electron chi connectivity index (χ0n) is 16.1. The van der Waals surface area contributed by atoms with Gasteiger partial charge in [-0.05, 0) is 43.2 Å². The largest absolute Gasteiger partial charge is 0.326 e. The molecule has 3 aromatic rings. The third-order valence-electron chi connectivity index (χ3n) is 5.41. The minimum Gasteiger partial charge on any atom is -0.326 e. The summed E-state index contributed by atoms with van der Waals surface area (Å²) in [4.78, 5) is 29.3. The molecule has 1 aliphatic carbocycles. The molecule has 0 bridgehead atoms. The lowest BCUT2D eigenvalue weighted by molar-refractivity contribution is -0.125. The van der Waals surface area contributed by atoms with Gasteiger partial charge < -0.3 is 10.6 Å². The average molecular weight is 428 g/mol. The first kappa shape index (κ1) is 19.9. The summed E-state index contributed by atoms with van der Waals surface area (Å²) in [5, 5.41) is 7.11. The maximum atomic E-state index is 13.3. The molecular weight excluding hydrogens is 406 g/mol. The van der Waals surface area contributed by atoms with Gasteiger partial charge in [0.25, 0.3) is 0 Å². The molecule has 2 N–H and O–H groups in total. The Bertz CT molecular complexity index is 1040. The van der Waals surface area contributed by atoms with Crippen molar-refractivity contribution in [3.05, 3.63) is 52.5 Å². The molecule has 1 aromatic heterocycles. The number of carbonyl (C=O) groups excluding carboxylic acids is 2. The van der Waals surface area contributed by atoms with Crippen LogP contribution in [0.4, 0.5) is 11.4 Å². The Balaban J connectivity index is 1.54. The second kappa shape index (κ2) is 8.13. The number of anilines is 2. The highest BCUT2D eigenvalue weighted by Gasteiger charge is 2.42. The molecule has 0 unspecified atom stereocenters. The summed E-state index contributed by atoms with van der Waals surface area (Å²) >= 11 is 7.92. The molecule has 0 radical (unpaired) electrons. The lowest BCUT2D eigenvalue weighted by atomic mass is 9.81. The first-order chi connectivity index (χ1) is 13.9. The molecule has 0 spiro atoms. The van der Waals surface area contributed by atoms with E-state index in [1.807, 2.05) is 18.2 Å². The third kappa shape index (κ3) is 4.28. The maximum absolute atomic E-state index is 13.3. The van der Waals surface area contributed by atoms with Gasteiger partial charge in [-0.25, -0.2) is 4.98 Å². The van der Waals surface area contributed by atoms with Crippen molar-refractivity contribution in [3.8, 4) is 0 Å². The molecule has 2 aromatic carbocycles. The first-order valence-corrected chi connectivity index (χ1v) is 10.9. The quantitative estimate of drug-likeness (QED) is 0.552. The highest BCUT2D eigenvalue weighted by Crippen LogP contribution is 2.43. The van der Waals surface area contributed by atoms with Gasteiger partial charge in [0, 0.05) is 19.0 Å². The number of nitrogens with zero attached hydrogens (tertiary/aromatic N) is 1. The molecule has 29 heavy (non-hydrogen) atoms. The van der Waals surface area contributed by atoms with Gasteiger partial charge in [0.05, 0.1) is 31.3 Å². The van der Waals surface area contributed by atoms with E-state index in [0.717, 1.165) is 40.9 Å². The zero-order chi connectivity index (χ0) is 20.4. The molecule has 1 heterocycles. The molecule has 0 atom stereocenters. The van der Waals surface area contributed by atoms with Crippen molar-refractivity contribution >= 4 is 56.3 Å². The van der Waals surface area contributed by atoms with Gasteiger partial charge >= 0.3 is 0 Å². The van der Waals surface area contributed by atoms with Crippen molar-refractivity contribution in [2.24, 2.45) is 5.41 Å². The van der Waals surface area contributed by atoms with E-state index >= 15 is 0 Å². The molecule has 0 aliphatic heterocycles. The number of rotatable bonds is 5. The van der Waals surface area contributed by atoms with Gasteiger partial charge in [-0.2, -0.15) is 0 Å². The number of fused-ring (bicyclic) bond motifs is 1. The normalized spacial score (nSPS) is 15.4. The van der Waals surface area contributed by atoms with Crippen molar-refractivity contribution in [1.82, 2.24) is 4.98 Å². The lowest BCUT2D eigenvalue weighted by Crippen LogP contribution is -2.35. The smallest absolute Gasteiger partial charge is 0.231 e. The summed E-state index contributed by atoms with van der Waals surface area (Å²) in [5.74, 6) is -0.179. The Morgan fingerprint density at radius 1 is 1.14 bits per heavy atom. The molecular formula is C22H22ClN3O2S. The van der Waals surface area contributed by atoms with Gasteiger partial charge in [-0.15, -0.1) is 11.3 Å². The van der Waals surface area contributed by atoms with Crippen LogP contribution < -0.4 is 10.6 Å². The number of nitrogens with one attached hydrogen (secondary N) is 2. The lowest BCUT2D eigenvalue weighted by Gasteiger charge is -2.27. The fourth-order valence-corrected chi connectivity index (χ4v) is 5.31. The van der Waals surface area contributed by atoms with E-state index in [1.54, 1.807) is 29.5 Å². The summed E-state index contributed by atoms with van der Waals surface area (Å²) < 4.78 is 1.15.